The fourth-order valence-corrected chi connectivity index (χ4v) is 3.20. The number of hydrogen-bond acceptors (Lipinski definition) is 2. The number of hydrogen-bond donors (Lipinski definition) is 1. The lowest BCUT2D eigenvalue weighted by Crippen LogP contribution is -2.23. The number of carbonyl (C=O) groups excluding carboxylic acids is 1. The third-order valence-electron chi connectivity index (χ3n) is 4.22. The molecule has 0 aliphatic rings. The monoisotopic (exact) mass is 397 g/mol. The molecular formula is C20H20BrN3O. The Bertz CT molecular complexity index is 887. The molecule has 0 saturated heterocycles. The van der Waals surface area contributed by atoms with E-state index in [2.05, 4.69) is 38.5 Å². The van der Waals surface area contributed by atoms with Crippen LogP contribution in [0, 0.1) is 13.8 Å². The molecule has 25 heavy (non-hydrogen) atoms. The summed E-state index contributed by atoms with van der Waals surface area (Å²) in [4.78, 5) is 12.3. The lowest BCUT2D eigenvalue weighted by Gasteiger charge is -2.08. The Morgan fingerprint density at radius 2 is 1.88 bits per heavy atom. The summed E-state index contributed by atoms with van der Waals surface area (Å²) in [6.45, 7) is 5.23. The third-order valence-corrected chi connectivity index (χ3v) is 4.71. The highest BCUT2D eigenvalue weighted by molar-refractivity contribution is 9.10. The highest BCUT2D eigenvalue weighted by Gasteiger charge is 2.13. The van der Waals surface area contributed by atoms with Gasteiger partial charge >= 0.3 is 0 Å². The van der Waals surface area contributed by atoms with Gasteiger partial charge in [0.25, 0.3) is 5.91 Å². The molecule has 1 aromatic heterocycles. The summed E-state index contributed by atoms with van der Waals surface area (Å²) in [5.41, 5.74) is 4.94. The van der Waals surface area contributed by atoms with E-state index in [1.807, 2.05) is 54.9 Å². The van der Waals surface area contributed by atoms with Gasteiger partial charge in [-0.3, -0.25) is 9.48 Å². The minimum Gasteiger partial charge on any atom is -0.348 e. The van der Waals surface area contributed by atoms with E-state index in [-0.39, 0.29) is 5.91 Å². The molecule has 0 atom stereocenters. The van der Waals surface area contributed by atoms with Gasteiger partial charge in [-0.2, -0.15) is 5.10 Å². The smallest absolute Gasteiger partial charge is 0.251 e. The molecule has 0 unspecified atom stereocenters. The van der Waals surface area contributed by atoms with E-state index >= 15 is 0 Å². The Hall–Kier alpha value is -2.40. The zero-order chi connectivity index (χ0) is 17.8. The van der Waals surface area contributed by atoms with Crippen molar-refractivity contribution in [2.24, 2.45) is 0 Å². The molecule has 1 amide bonds. The zero-order valence-electron chi connectivity index (χ0n) is 14.3. The summed E-state index contributed by atoms with van der Waals surface area (Å²) < 4.78 is 2.88. The van der Waals surface area contributed by atoms with Crippen LogP contribution in [0.25, 0.3) is 0 Å². The number of nitrogens with zero attached hydrogens (tertiary/aromatic N) is 2. The van der Waals surface area contributed by atoms with Crippen LogP contribution in [-0.4, -0.2) is 15.7 Å². The fourth-order valence-electron chi connectivity index (χ4n) is 2.80. The van der Waals surface area contributed by atoms with Gasteiger partial charge in [0.2, 0.25) is 0 Å². The Labute approximate surface area is 156 Å². The molecule has 3 rings (SSSR count). The molecule has 0 aliphatic carbocycles. The van der Waals surface area contributed by atoms with Crippen molar-refractivity contribution in [1.29, 1.82) is 0 Å². The van der Waals surface area contributed by atoms with Crippen LogP contribution < -0.4 is 5.32 Å². The molecule has 0 saturated carbocycles. The van der Waals surface area contributed by atoms with Crippen molar-refractivity contribution in [2.75, 3.05) is 0 Å². The first kappa shape index (κ1) is 17.4. The van der Waals surface area contributed by atoms with Crippen LogP contribution in [0.4, 0.5) is 0 Å². The van der Waals surface area contributed by atoms with Crippen LogP contribution in [0.1, 0.15) is 32.9 Å². The molecule has 0 radical (unpaired) electrons. The van der Waals surface area contributed by atoms with Gasteiger partial charge in [0, 0.05) is 27.8 Å². The average molecular weight is 398 g/mol. The van der Waals surface area contributed by atoms with E-state index in [0.717, 1.165) is 28.0 Å². The highest BCUT2D eigenvalue weighted by Crippen LogP contribution is 2.16. The summed E-state index contributed by atoms with van der Waals surface area (Å²) >= 11 is 3.39. The van der Waals surface area contributed by atoms with Gasteiger partial charge in [-0.05, 0) is 37.6 Å². The normalized spacial score (nSPS) is 10.7. The Balaban J connectivity index is 1.72. The quantitative estimate of drug-likeness (QED) is 0.699. The maximum Gasteiger partial charge on any atom is 0.251 e. The van der Waals surface area contributed by atoms with Crippen LogP contribution in [0.5, 0.6) is 0 Å². The summed E-state index contributed by atoms with van der Waals surface area (Å²) in [5.74, 6) is -0.0871. The van der Waals surface area contributed by atoms with Crippen molar-refractivity contribution >= 4 is 21.8 Å². The van der Waals surface area contributed by atoms with Crippen molar-refractivity contribution in [2.45, 2.75) is 26.9 Å². The van der Waals surface area contributed by atoms with Gasteiger partial charge < -0.3 is 5.32 Å². The number of benzene rings is 2. The van der Waals surface area contributed by atoms with Crippen LogP contribution in [0.2, 0.25) is 0 Å². The van der Waals surface area contributed by atoms with E-state index in [0.29, 0.717) is 12.1 Å². The molecule has 2 aromatic carbocycles. The van der Waals surface area contributed by atoms with Crippen molar-refractivity contribution in [1.82, 2.24) is 15.1 Å². The second kappa shape index (κ2) is 7.66. The summed E-state index contributed by atoms with van der Waals surface area (Å²) in [5, 5.41) is 7.62. The first-order chi connectivity index (χ1) is 12.0. The molecule has 1 N–H and O–H groups in total. The minimum atomic E-state index is -0.0871. The first-order valence-corrected chi connectivity index (χ1v) is 8.94. The van der Waals surface area contributed by atoms with Crippen LogP contribution in [-0.2, 0) is 13.1 Å². The molecule has 0 fully saturated rings. The molecule has 5 heteroatoms. The molecule has 3 aromatic rings. The van der Waals surface area contributed by atoms with Crippen molar-refractivity contribution in [3.63, 3.8) is 0 Å². The molecule has 0 aliphatic heterocycles. The van der Waals surface area contributed by atoms with Crippen molar-refractivity contribution < 1.29 is 4.79 Å². The van der Waals surface area contributed by atoms with E-state index < -0.39 is 0 Å². The van der Waals surface area contributed by atoms with Gasteiger partial charge in [-0.15, -0.1) is 0 Å². The predicted octanol–water partition coefficient (Wildman–Crippen LogP) is 4.24. The van der Waals surface area contributed by atoms with Crippen LogP contribution >= 0.6 is 15.9 Å². The maximum absolute atomic E-state index is 12.3. The number of carbonyl (C=O) groups is 1. The topological polar surface area (TPSA) is 46.9 Å². The molecule has 0 bridgehead atoms. The number of halogens is 1. The Kier molecular flexibility index (Phi) is 5.34. The summed E-state index contributed by atoms with van der Waals surface area (Å²) in [6, 6.07) is 17.6. The number of amides is 1. The molecule has 0 spiro atoms. The SMILES string of the molecule is Cc1nn(Cc2ccccc2)c(C)c1CNC(=O)c1cccc(Br)c1. The second-order valence-electron chi connectivity index (χ2n) is 5.99. The predicted molar refractivity (Wildman–Crippen MR) is 103 cm³/mol. The molecule has 128 valence electrons. The number of aryl methyl sites for hydroxylation is 1. The summed E-state index contributed by atoms with van der Waals surface area (Å²) in [7, 11) is 0. The largest absolute Gasteiger partial charge is 0.348 e. The molecular weight excluding hydrogens is 378 g/mol. The van der Waals surface area contributed by atoms with E-state index in [9.17, 15) is 4.79 Å². The highest BCUT2D eigenvalue weighted by atomic mass is 79.9. The lowest BCUT2D eigenvalue weighted by molar-refractivity contribution is 0.0951. The number of rotatable bonds is 5. The van der Waals surface area contributed by atoms with E-state index in [4.69, 9.17) is 0 Å². The third kappa shape index (κ3) is 4.17. The van der Waals surface area contributed by atoms with Crippen LogP contribution in [0.15, 0.2) is 59.1 Å². The minimum absolute atomic E-state index is 0.0871. The molecule has 4 nitrogen and oxygen atoms in total. The van der Waals surface area contributed by atoms with Crippen molar-refractivity contribution in [3.05, 3.63) is 87.1 Å². The standard InChI is InChI=1S/C20H20BrN3O/c1-14-19(12-22-20(25)17-9-6-10-18(21)11-17)15(2)24(23-14)13-16-7-4-3-5-8-16/h3-11H,12-13H2,1-2H3,(H,22,25). The Morgan fingerprint density at radius 1 is 1.12 bits per heavy atom. The van der Waals surface area contributed by atoms with Gasteiger partial charge in [-0.1, -0.05) is 52.3 Å². The number of aromatic nitrogens is 2. The van der Waals surface area contributed by atoms with Crippen LogP contribution in [0.3, 0.4) is 0 Å². The summed E-state index contributed by atoms with van der Waals surface area (Å²) in [6.07, 6.45) is 0. The average Bonchev–Trinajstić information content (AvgIpc) is 2.87. The van der Waals surface area contributed by atoms with Crippen molar-refractivity contribution in [3.8, 4) is 0 Å². The Morgan fingerprint density at radius 3 is 2.60 bits per heavy atom. The van der Waals surface area contributed by atoms with E-state index in [1.54, 1.807) is 6.07 Å². The lowest BCUT2D eigenvalue weighted by atomic mass is 10.1. The maximum atomic E-state index is 12.3. The molecule has 1 heterocycles. The van der Waals surface area contributed by atoms with Gasteiger partial charge in [-0.25, -0.2) is 0 Å². The van der Waals surface area contributed by atoms with Gasteiger partial charge in [0.05, 0.1) is 12.2 Å². The van der Waals surface area contributed by atoms with E-state index in [1.165, 1.54) is 5.56 Å². The van der Waals surface area contributed by atoms with Gasteiger partial charge in [0.15, 0.2) is 0 Å². The van der Waals surface area contributed by atoms with Gasteiger partial charge in [0.1, 0.15) is 0 Å². The first-order valence-electron chi connectivity index (χ1n) is 8.15. The second-order valence-corrected chi connectivity index (χ2v) is 6.90. The number of nitrogens with one attached hydrogen (secondary N) is 1. The fraction of sp³-hybridized carbons (Fsp3) is 0.200. The zero-order valence-corrected chi connectivity index (χ0v) is 15.9.